The molecule has 0 bridgehead atoms. The van der Waals surface area contributed by atoms with Crippen molar-refractivity contribution in [3.05, 3.63) is 53.6 Å². The lowest BCUT2D eigenvalue weighted by Gasteiger charge is -2.41. The van der Waals surface area contributed by atoms with Crippen LogP contribution in [0.3, 0.4) is 0 Å². The Balaban J connectivity index is 1.95. The Kier molecular flexibility index (Phi) is 4.43. The Labute approximate surface area is 151 Å². The van der Waals surface area contributed by atoms with Gasteiger partial charge in [-0.2, -0.15) is 0 Å². The Hall–Kier alpha value is -2.53. The lowest BCUT2D eigenvalue weighted by Crippen LogP contribution is -2.57. The summed E-state index contributed by atoms with van der Waals surface area (Å²) in [5.41, 5.74) is 0.0976. The van der Waals surface area contributed by atoms with E-state index in [0.717, 1.165) is 0 Å². The van der Waals surface area contributed by atoms with E-state index in [4.69, 9.17) is 16.3 Å². The molecule has 0 spiro atoms. The van der Waals surface area contributed by atoms with Crippen molar-refractivity contribution in [1.29, 1.82) is 0 Å². The van der Waals surface area contributed by atoms with Gasteiger partial charge in [0.1, 0.15) is 11.8 Å². The molecule has 1 aliphatic heterocycles. The summed E-state index contributed by atoms with van der Waals surface area (Å²) < 4.78 is 5.78. The molecule has 0 aromatic heterocycles. The van der Waals surface area contributed by atoms with Crippen molar-refractivity contribution in [3.8, 4) is 5.75 Å². The molecule has 0 aliphatic carbocycles. The number of carbonyl (C=O) groups excluding carboxylic acids is 2. The van der Waals surface area contributed by atoms with Gasteiger partial charge in [0.05, 0.1) is 5.69 Å². The molecule has 0 saturated carbocycles. The van der Waals surface area contributed by atoms with Crippen molar-refractivity contribution in [3.63, 3.8) is 0 Å². The van der Waals surface area contributed by atoms with Gasteiger partial charge in [-0.25, -0.2) is 0 Å². The number of fused-ring (bicyclic) bond motifs is 1. The topological polar surface area (TPSA) is 58.6 Å². The highest BCUT2D eigenvalue weighted by atomic mass is 35.5. The van der Waals surface area contributed by atoms with Crippen LogP contribution in [0.1, 0.15) is 20.8 Å². The van der Waals surface area contributed by atoms with Crippen LogP contribution in [0.25, 0.3) is 0 Å². The number of para-hydroxylation sites is 1. The van der Waals surface area contributed by atoms with Crippen molar-refractivity contribution in [2.45, 2.75) is 32.4 Å². The van der Waals surface area contributed by atoms with E-state index in [1.807, 2.05) is 18.2 Å². The average molecular weight is 359 g/mol. The molecule has 0 radical (unpaired) electrons. The van der Waals surface area contributed by atoms with Gasteiger partial charge in [0, 0.05) is 10.7 Å². The summed E-state index contributed by atoms with van der Waals surface area (Å²) in [5, 5.41) is 3.29. The number of amides is 2. The third-order valence-electron chi connectivity index (χ3n) is 4.09. The number of benzene rings is 2. The molecule has 130 valence electrons. The van der Waals surface area contributed by atoms with E-state index < -0.39 is 11.6 Å². The van der Waals surface area contributed by atoms with E-state index in [1.165, 1.54) is 4.90 Å². The second-order valence-electron chi connectivity index (χ2n) is 6.43. The number of halogens is 1. The van der Waals surface area contributed by atoms with Gasteiger partial charge >= 0.3 is 0 Å². The van der Waals surface area contributed by atoms with Crippen molar-refractivity contribution in [2.75, 3.05) is 10.2 Å². The summed E-state index contributed by atoms with van der Waals surface area (Å²) in [6, 6.07) is 13.4. The molecule has 1 unspecified atom stereocenters. The predicted octanol–water partition coefficient (Wildman–Crippen LogP) is 3.87. The minimum absolute atomic E-state index is 0.289. The van der Waals surface area contributed by atoms with Crippen molar-refractivity contribution >= 4 is 34.8 Å². The van der Waals surface area contributed by atoms with Crippen molar-refractivity contribution in [2.24, 2.45) is 0 Å². The fraction of sp³-hybridized carbons (Fsp3) is 0.263. The zero-order chi connectivity index (χ0) is 18.2. The second-order valence-corrected chi connectivity index (χ2v) is 6.87. The quantitative estimate of drug-likeness (QED) is 0.906. The number of rotatable bonds is 3. The maximum Gasteiger partial charge on any atom is 0.271 e. The minimum atomic E-state index is -1.07. The lowest BCUT2D eigenvalue weighted by atomic mass is 10.0. The summed E-state index contributed by atoms with van der Waals surface area (Å²) in [6.07, 6.45) is 0. The van der Waals surface area contributed by atoms with E-state index in [2.05, 4.69) is 5.32 Å². The third kappa shape index (κ3) is 3.33. The Morgan fingerprint density at radius 2 is 1.88 bits per heavy atom. The SMILES string of the molecule is CC(C(=O)Nc1ccccc1)N1C(=O)C(C)(C)Oc2ccc(Cl)cc21. The number of anilines is 2. The van der Waals surface area contributed by atoms with Crippen LogP contribution >= 0.6 is 11.6 Å². The standard InChI is InChI=1S/C19H19ClN2O3/c1-12(17(23)21-14-7-5-4-6-8-14)22-15-11-13(20)9-10-16(15)25-19(2,3)18(22)24/h4-12H,1-3H3,(H,21,23). The average Bonchev–Trinajstić information content (AvgIpc) is 2.57. The van der Waals surface area contributed by atoms with Gasteiger partial charge in [-0.05, 0) is 51.1 Å². The van der Waals surface area contributed by atoms with Gasteiger partial charge in [-0.3, -0.25) is 14.5 Å². The van der Waals surface area contributed by atoms with Crippen molar-refractivity contribution in [1.82, 2.24) is 0 Å². The summed E-state index contributed by atoms with van der Waals surface area (Å²) in [5.74, 6) is -0.0606. The summed E-state index contributed by atoms with van der Waals surface area (Å²) in [7, 11) is 0. The van der Waals surface area contributed by atoms with Crippen LogP contribution < -0.4 is 15.0 Å². The molecule has 5 nitrogen and oxygen atoms in total. The van der Waals surface area contributed by atoms with Crippen LogP contribution in [-0.2, 0) is 9.59 Å². The number of ether oxygens (including phenoxy) is 1. The van der Waals surface area contributed by atoms with Gasteiger partial charge in [0.15, 0.2) is 5.60 Å². The highest BCUT2D eigenvalue weighted by Gasteiger charge is 2.44. The first-order valence-electron chi connectivity index (χ1n) is 7.98. The largest absolute Gasteiger partial charge is 0.476 e. The van der Waals surface area contributed by atoms with Crippen LogP contribution in [0.4, 0.5) is 11.4 Å². The van der Waals surface area contributed by atoms with Crippen LogP contribution in [0, 0.1) is 0 Å². The van der Waals surface area contributed by atoms with Gasteiger partial charge in [-0.15, -0.1) is 0 Å². The highest BCUT2D eigenvalue weighted by Crippen LogP contribution is 2.40. The fourth-order valence-corrected chi connectivity index (χ4v) is 2.92. The van der Waals surface area contributed by atoms with E-state index in [-0.39, 0.29) is 11.8 Å². The predicted molar refractivity (Wildman–Crippen MR) is 98.2 cm³/mol. The molecule has 2 aromatic rings. The zero-order valence-electron chi connectivity index (χ0n) is 14.2. The molecule has 1 aliphatic rings. The molecular weight excluding hydrogens is 340 g/mol. The van der Waals surface area contributed by atoms with E-state index in [0.29, 0.717) is 22.1 Å². The first kappa shape index (κ1) is 17.3. The lowest BCUT2D eigenvalue weighted by molar-refractivity contribution is -0.134. The Morgan fingerprint density at radius 3 is 2.56 bits per heavy atom. The summed E-state index contributed by atoms with van der Waals surface area (Å²) in [4.78, 5) is 27.0. The van der Waals surface area contributed by atoms with Gasteiger partial charge in [0.2, 0.25) is 5.91 Å². The minimum Gasteiger partial charge on any atom is -0.476 e. The number of carbonyl (C=O) groups is 2. The first-order chi connectivity index (χ1) is 11.8. The number of nitrogens with zero attached hydrogens (tertiary/aromatic N) is 1. The normalized spacial score (nSPS) is 16.6. The molecule has 0 saturated heterocycles. The van der Waals surface area contributed by atoms with Crippen LogP contribution in [0.2, 0.25) is 5.02 Å². The van der Waals surface area contributed by atoms with Gasteiger partial charge in [-0.1, -0.05) is 29.8 Å². The van der Waals surface area contributed by atoms with Gasteiger partial charge < -0.3 is 10.1 Å². The van der Waals surface area contributed by atoms with E-state index in [9.17, 15) is 9.59 Å². The molecular formula is C19H19ClN2O3. The molecule has 0 fully saturated rings. The van der Waals surface area contributed by atoms with Crippen molar-refractivity contribution < 1.29 is 14.3 Å². The zero-order valence-corrected chi connectivity index (χ0v) is 15.0. The second kappa shape index (κ2) is 6.41. The van der Waals surface area contributed by atoms with Crippen LogP contribution in [-0.4, -0.2) is 23.5 Å². The molecule has 2 aromatic carbocycles. The monoisotopic (exact) mass is 358 g/mol. The Bertz CT molecular complexity index is 821. The molecule has 6 heteroatoms. The highest BCUT2D eigenvalue weighted by molar-refractivity contribution is 6.31. The van der Waals surface area contributed by atoms with Crippen LogP contribution in [0.15, 0.2) is 48.5 Å². The third-order valence-corrected chi connectivity index (χ3v) is 4.32. The first-order valence-corrected chi connectivity index (χ1v) is 8.35. The van der Waals surface area contributed by atoms with E-state index >= 15 is 0 Å². The maximum absolute atomic E-state index is 12.9. The van der Waals surface area contributed by atoms with Crippen LogP contribution in [0.5, 0.6) is 5.75 Å². The molecule has 25 heavy (non-hydrogen) atoms. The Morgan fingerprint density at radius 1 is 1.20 bits per heavy atom. The van der Waals surface area contributed by atoms with Gasteiger partial charge in [0.25, 0.3) is 5.91 Å². The fourth-order valence-electron chi connectivity index (χ4n) is 2.75. The molecule has 1 heterocycles. The number of hydrogen-bond donors (Lipinski definition) is 1. The maximum atomic E-state index is 12.9. The smallest absolute Gasteiger partial charge is 0.271 e. The van der Waals surface area contributed by atoms with E-state index in [1.54, 1.807) is 51.1 Å². The number of nitrogens with one attached hydrogen (secondary N) is 1. The summed E-state index contributed by atoms with van der Waals surface area (Å²) in [6.45, 7) is 5.05. The molecule has 2 amide bonds. The molecule has 3 rings (SSSR count). The number of hydrogen-bond acceptors (Lipinski definition) is 3. The molecule has 1 N–H and O–H groups in total. The summed E-state index contributed by atoms with van der Waals surface area (Å²) >= 11 is 6.08. The molecule has 1 atom stereocenters.